The normalized spacial score (nSPS) is 19.5. The molecule has 1 unspecified atom stereocenters. The van der Waals surface area contributed by atoms with Gasteiger partial charge in [0, 0.05) is 19.7 Å². The number of aliphatic hydroxyl groups is 1. The van der Waals surface area contributed by atoms with E-state index in [2.05, 4.69) is 24.0 Å². The second-order valence-corrected chi connectivity index (χ2v) is 5.76. The van der Waals surface area contributed by atoms with Gasteiger partial charge in [0.2, 0.25) is 0 Å². The molecule has 4 nitrogen and oxygen atoms in total. The van der Waals surface area contributed by atoms with Gasteiger partial charge in [-0.15, -0.1) is 0 Å². The van der Waals surface area contributed by atoms with E-state index in [1.165, 1.54) is 12.0 Å². The maximum absolute atomic E-state index is 9.32. The molecule has 118 valence electrons. The predicted octanol–water partition coefficient (Wildman–Crippen LogP) is 2.69. The number of rotatable bonds is 7. The van der Waals surface area contributed by atoms with Crippen LogP contribution in [-0.2, 0) is 6.54 Å². The van der Waals surface area contributed by atoms with Crippen molar-refractivity contribution in [3.8, 4) is 11.5 Å². The third-order valence-electron chi connectivity index (χ3n) is 3.96. The maximum atomic E-state index is 9.32. The van der Waals surface area contributed by atoms with Crippen LogP contribution < -0.4 is 9.47 Å². The third-order valence-corrected chi connectivity index (χ3v) is 3.96. The SMILES string of the molecule is CCCOc1cc(CN2CCCC(CO)C2)ccc1OC. The minimum Gasteiger partial charge on any atom is -0.493 e. The van der Waals surface area contributed by atoms with Crippen molar-refractivity contribution in [3.63, 3.8) is 0 Å². The highest BCUT2D eigenvalue weighted by Crippen LogP contribution is 2.29. The van der Waals surface area contributed by atoms with Gasteiger partial charge in [-0.05, 0) is 49.4 Å². The first-order valence-corrected chi connectivity index (χ1v) is 7.89. The van der Waals surface area contributed by atoms with Gasteiger partial charge in [0.15, 0.2) is 11.5 Å². The molecule has 0 bridgehead atoms. The van der Waals surface area contributed by atoms with E-state index in [1.54, 1.807) is 7.11 Å². The second-order valence-electron chi connectivity index (χ2n) is 5.76. The Balaban J connectivity index is 2.02. The fourth-order valence-corrected chi connectivity index (χ4v) is 2.85. The van der Waals surface area contributed by atoms with E-state index in [4.69, 9.17) is 9.47 Å². The van der Waals surface area contributed by atoms with Gasteiger partial charge in [-0.3, -0.25) is 4.90 Å². The van der Waals surface area contributed by atoms with Crippen LogP contribution in [-0.4, -0.2) is 43.4 Å². The Morgan fingerprint density at radius 2 is 2.19 bits per heavy atom. The molecule has 1 N–H and O–H groups in total. The Kier molecular flexibility index (Phi) is 6.33. The Hall–Kier alpha value is -1.26. The first kappa shape index (κ1) is 16.1. The Labute approximate surface area is 127 Å². The number of piperidine rings is 1. The van der Waals surface area contributed by atoms with Crippen LogP contribution in [0, 0.1) is 5.92 Å². The Morgan fingerprint density at radius 3 is 2.90 bits per heavy atom. The lowest BCUT2D eigenvalue weighted by molar-refractivity contribution is 0.116. The highest BCUT2D eigenvalue weighted by atomic mass is 16.5. The van der Waals surface area contributed by atoms with Crippen LogP contribution in [0.1, 0.15) is 31.7 Å². The van der Waals surface area contributed by atoms with E-state index in [0.29, 0.717) is 19.1 Å². The number of nitrogens with zero attached hydrogens (tertiary/aromatic N) is 1. The number of likely N-dealkylation sites (tertiary alicyclic amines) is 1. The van der Waals surface area contributed by atoms with Gasteiger partial charge in [-0.25, -0.2) is 0 Å². The van der Waals surface area contributed by atoms with Gasteiger partial charge < -0.3 is 14.6 Å². The molecule has 0 aliphatic carbocycles. The molecule has 0 spiro atoms. The fraction of sp³-hybridized carbons (Fsp3) is 0.647. The average Bonchev–Trinajstić information content (AvgIpc) is 2.53. The molecule has 0 aromatic heterocycles. The van der Waals surface area contributed by atoms with Crippen molar-refractivity contribution in [1.29, 1.82) is 0 Å². The van der Waals surface area contributed by atoms with Crippen molar-refractivity contribution in [2.45, 2.75) is 32.7 Å². The lowest BCUT2D eigenvalue weighted by Crippen LogP contribution is -2.36. The highest BCUT2D eigenvalue weighted by Gasteiger charge is 2.19. The minimum atomic E-state index is 0.296. The van der Waals surface area contributed by atoms with Crippen molar-refractivity contribution < 1.29 is 14.6 Å². The highest BCUT2D eigenvalue weighted by molar-refractivity contribution is 5.43. The maximum Gasteiger partial charge on any atom is 0.161 e. The lowest BCUT2D eigenvalue weighted by Gasteiger charge is -2.31. The molecule has 1 fully saturated rings. The summed E-state index contributed by atoms with van der Waals surface area (Å²) in [6.07, 6.45) is 3.29. The van der Waals surface area contributed by atoms with Crippen LogP contribution in [0.5, 0.6) is 11.5 Å². The standard InChI is InChI=1S/C17H27NO3/c1-3-9-21-17-10-14(6-7-16(17)20-2)11-18-8-4-5-15(12-18)13-19/h6-7,10,15,19H,3-5,8-9,11-13H2,1-2H3. The topological polar surface area (TPSA) is 41.9 Å². The number of ether oxygens (including phenoxy) is 2. The van der Waals surface area contributed by atoms with E-state index in [0.717, 1.165) is 44.0 Å². The summed E-state index contributed by atoms with van der Waals surface area (Å²) >= 11 is 0. The molecular weight excluding hydrogens is 266 g/mol. The van der Waals surface area contributed by atoms with Crippen molar-refractivity contribution in [2.24, 2.45) is 5.92 Å². The van der Waals surface area contributed by atoms with E-state index in [9.17, 15) is 5.11 Å². The quantitative estimate of drug-likeness (QED) is 0.839. The van der Waals surface area contributed by atoms with Crippen molar-refractivity contribution in [1.82, 2.24) is 4.90 Å². The monoisotopic (exact) mass is 293 g/mol. The number of hydrogen-bond donors (Lipinski definition) is 1. The number of methoxy groups -OCH3 is 1. The third kappa shape index (κ3) is 4.61. The summed E-state index contributed by atoms with van der Waals surface area (Å²) in [6.45, 7) is 6.09. The number of benzene rings is 1. The zero-order valence-corrected chi connectivity index (χ0v) is 13.2. The van der Waals surface area contributed by atoms with Gasteiger partial charge in [0.1, 0.15) is 0 Å². The molecule has 1 atom stereocenters. The summed E-state index contributed by atoms with van der Waals surface area (Å²) in [6, 6.07) is 6.16. The van der Waals surface area contributed by atoms with E-state index in [1.807, 2.05) is 6.07 Å². The number of hydrogen-bond acceptors (Lipinski definition) is 4. The second kappa shape index (κ2) is 8.25. The molecule has 1 aromatic carbocycles. The minimum absolute atomic E-state index is 0.296. The molecule has 0 amide bonds. The van der Waals surface area contributed by atoms with Crippen molar-refractivity contribution in [3.05, 3.63) is 23.8 Å². The zero-order chi connectivity index (χ0) is 15.1. The largest absolute Gasteiger partial charge is 0.493 e. The van der Waals surface area contributed by atoms with Gasteiger partial charge in [0.05, 0.1) is 13.7 Å². The van der Waals surface area contributed by atoms with Crippen LogP contribution in [0.3, 0.4) is 0 Å². The van der Waals surface area contributed by atoms with E-state index < -0.39 is 0 Å². The summed E-state index contributed by atoms with van der Waals surface area (Å²) in [5.41, 5.74) is 1.24. The smallest absolute Gasteiger partial charge is 0.161 e. The van der Waals surface area contributed by atoms with Gasteiger partial charge in [0.25, 0.3) is 0 Å². The summed E-state index contributed by atoms with van der Waals surface area (Å²) in [7, 11) is 1.67. The summed E-state index contributed by atoms with van der Waals surface area (Å²) in [4.78, 5) is 2.41. The molecule has 1 aromatic rings. The van der Waals surface area contributed by atoms with E-state index >= 15 is 0 Å². The van der Waals surface area contributed by atoms with Crippen LogP contribution in [0.25, 0.3) is 0 Å². The van der Waals surface area contributed by atoms with Crippen LogP contribution >= 0.6 is 0 Å². The summed E-state index contributed by atoms with van der Waals surface area (Å²) in [5.74, 6) is 2.04. The van der Waals surface area contributed by atoms with Crippen molar-refractivity contribution >= 4 is 0 Å². The zero-order valence-electron chi connectivity index (χ0n) is 13.2. The fourth-order valence-electron chi connectivity index (χ4n) is 2.85. The van der Waals surface area contributed by atoms with Gasteiger partial charge in [-0.2, -0.15) is 0 Å². The predicted molar refractivity (Wildman–Crippen MR) is 83.9 cm³/mol. The Bertz CT molecular complexity index is 436. The molecule has 1 aliphatic rings. The molecule has 4 heteroatoms. The molecule has 1 saturated heterocycles. The van der Waals surface area contributed by atoms with Crippen LogP contribution in [0.15, 0.2) is 18.2 Å². The molecular formula is C17H27NO3. The van der Waals surface area contributed by atoms with Crippen LogP contribution in [0.4, 0.5) is 0 Å². The average molecular weight is 293 g/mol. The van der Waals surface area contributed by atoms with Crippen LogP contribution in [0.2, 0.25) is 0 Å². The molecule has 0 radical (unpaired) electrons. The van der Waals surface area contributed by atoms with Gasteiger partial charge in [-0.1, -0.05) is 13.0 Å². The van der Waals surface area contributed by atoms with E-state index in [-0.39, 0.29) is 0 Å². The lowest BCUT2D eigenvalue weighted by atomic mass is 9.98. The summed E-state index contributed by atoms with van der Waals surface area (Å²) < 4.78 is 11.1. The van der Waals surface area contributed by atoms with Crippen molar-refractivity contribution in [2.75, 3.05) is 33.4 Å². The first-order chi connectivity index (χ1) is 10.3. The summed E-state index contributed by atoms with van der Waals surface area (Å²) in [5, 5.41) is 9.32. The molecule has 0 saturated carbocycles. The Morgan fingerprint density at radius 1 is 1.33 bits per heavy atom. The molecule has 21 heavy (non-hydrogen) atoms. The molecule has 1 heterocycles. The molecule has 2 rings (SSSR count). The number of aliphatic hydroxyl groups excluding tert-OH is 1. The first-order valence-electron chi connectivity index (χ1n) is 7.89. The van der Waals surface area contributed by atoms with Gasteiger partial charge >= 0.3 is 0 Å². The molecule has 1 aliphatic heterocycles.